The van der Waals surface area contributed by atoms with Crippen LogP contribution < -0.4 is 0 Å². The van der Waals surface area contributed by atoms with Gasteiger partial charge in [-0.05, 0) is 30.3 Å². The van der Waals surface area contributed by atoms with Crippen LogP contribution in [0.25, 0.3) is 22.0 Å². The Morgan fingerprint density at radius 3 is 2.59 bits per heavy atom. The first-order valence-electron chi connectivity index (χ1n) is 6.56. The predicted octanol–water partition coefficient (Wildman–Crippen LogP) is 3.25. The normalized spacial score (nSPS) is 15.0. The Labute approximate surface area is 133 Å². The Balaban J connectivity index is 2.04. The summed E-state index contributed by atoms with van der Waals surface area (Å²) >= 11 is 3.42. The third-order valence-electron chi connectivity index (χ3n) is 3.62. The van der Waals surface area contributed by atoms with Crippen LogP contribution in [0.5, 0.6) is 0 Å². The van der Waals surface area contributed by atoms with Crippen molar-refractivity contribution >= 4 is 49.9 Å². The highest BCUT2D eigenvalue weighted by Crippen LogP contribution is 2.37. The maximum atomic E-state index is 12.2. The third kappa shape index (κ3) is 1.84. The van der Waals surface area contributed by atoms with E-state index >= 15 is 0 Å². The van der Waals surface area contributed by atoms with Crippen molar-refractivity contribution in [2.45, 2.75) is 0 Å². The van der Waals surface area contributed by atoms with Crippen LogP contribution in [0.3, 0.4) is 0 Å². The highest BCUT2D eigenvalue weighted by Gasteiger charge is 2.36. The van der Waals surface area contributed by atoms with Crippen LogP contribution in [0.4, 0.5) is 0 Å². The van der Waals surface area contributed by atoms with Gasteiger partial charge < -0.3 is 14.7 Å². The molecule has 1 aromatic carbocycles. The van der Waals surface area contributed by atoms with Crippen molar-refractivity contribution in [2.24, 2.45) is 0 Å². The lowest BCUT2D eigenvalue weighted by molar-refractivity contribution is -0.149. The fourth-order valence-corrected chi connectivity index (χ4v) is 3.03. The van der Waals surface area contributed by atoms with Crippen molar-refractivity contribution in [3.8, 4) is 0 Å². The van der Waals surface area contributed by atoms with E-state index in [1.54, 1.807) is 24.5 Å². The van der Waals surface area contributed by atoms with E-state index in [2.05, 4.69) is 25.9 Å². The number of H-pyrrole nitrogens is 2. The van der Waals surface area contributed by atoms with Gasteiger partial charge in [0.15, 0.2) is 0 Å². The second-order valence-electron chi connectivity index (χ2n) is 4.90. The van der Waals surface area contributed by atoms with Gasteiger partial charge in [-0.15, -0.1) is 0 Å². The molecule has 22 heavy (non-hydrogen) atoms. The molecule has 2 N–H and O–H groups in total. The molecule has 0 spiro atoms. The SMILES string of the molecule is O=C1OC(=O)C(c2c[nH]c3ccc(Br)cc23)=C1c1ccc[nH]1. The molecular formula is C16H9BrN2O3. The molecule has 3 heterocycles. The van der Waals surface area contributed by atoms with E-state index in [0.717, 1.165) is 15.4 Å². The number of carbonyl (C=O) groups is 2. The van der Waals surface area contributed by atoms with Gasteiger partial charge in [0.1, 0.15) is 0 Å². The third-order valence-corrected chi connectivity index (χ3v) is 4.12. The van der Waals surface area contributed by atoms with Crippen LogP contribution in [0.1, 0.15) is 11.3 Å². The van der Waals surface area contributed by atoms with Crippen molar-refractivity contribution < 1.29 is 14.3 Å². The van der Waals surface area contributed by atoms with Crippen molar-refractivity contribution in [1.29, 1.82) is 0 Å². The summed E-state index contributed by atoms with van der Waals surface area (Å²) in [5.74, 6) is -1.26. The van der Waals surface area contributed by atoms with Crippen molar-refractivity contribution in [1.82, 2.24) is 9.97 Å². The average Bonchev–Trinajstić information content (AvgIpc) is 3.17. The number of nitrogens with one attached hydrogen (secondary N) is 2. The number of benzene rings is 1. The fourth-order valence-electron chi connectivity index (χ4n) is 2.67. The van der Waals surface area contributed by atoms with Gasteiger partial charge in [0, 0.05) is 33.3 Å². The Morgan fingerprint density at radius 2 is 1.82 bits per heavy atom. The molecule has 0 saturated heterocycles. The number of fused-ring (bicyclic) bond motifs is 1. The molecule has 0 saturated carbocycles. The highest BCUT2D eigenvalue weighted by atomic mass is 79.9. The number of aromatic nitrogens is 2. The number of cyclic esters (lactones) is 2. The van der Waals surface area contributed by atoms with Gasteiger partial charge in [0.25, 0.3) is 0 Å². The summed E-state index contributed by atoms with van der Waals surface area (Å²) in [4.78, 5) is 30.3. The topological polar surface area (TPSA) is 75.0 Å². The van der Waals surface area contributed by atoms with Crippen LogP contribution in [0.2, 0.25) is 0 Å². The van der Waals surface area contributed by atoms with E-state index in [1.807, 2.05) is 18.2 Å². The second-order valence-corrected chi connectivity index (χ2v) is 5.82. The van der Waals surface area contributed by atoms with Gasteiger partial charge in [0.05, 0.1) is 16.8 Å². The van der Waals surface area contributed by atoms with Gasteiger partial charge in [0.2, 0.25) is 0 Å². The summed E-state index contributed by atoms with van der Waals surface area (Å²) in [6.45, 7) is 0. The van der Waals surface area contributed by atoms with Crippen molar-refractivity contribution in [3.05, 3.63) is 58.5 Å². The standard InChI is InChI=1S/C16H9BrN2O3/c17-8-3-4-11-9(6-8)10(7-19-11)13-14(12-2-1-5-18-12)16(21)22-15(13)20/h1-7,18-19H. The molecule has 4 rings (SSSR count). The average molecular weight is 357 g/mol. The molecule has 0 amide bonds. The summed E-state index contributed by atoms with van der Waals surface area (Å²) in [6, 6.07) is 9.21. The van der Waals surface area contributed by atoms with Gasteiger partial charge in [-0.25, -0.2) is 9.59 Å². The monoisotopic (exact) mass is 356 g/mol. The number of ether oxygens (including phenoxy) is 1. The molecule has 108 valence electrons. The minimum absolute atomic E-state index is 0.260. The Hall–Kier alpha value is -2.60. The molecule has 0 fully saturated rings. The number of rotatable bonds is 2. The van der Waals surface area contributed by atoms with Crippen LogP contribution in [-0.2, 0) is 14.3 Å². The lowest BCUT2D eigenvalue weighted by Crippen LogP contribution is -2.01. The molecule has 0 radical (unpaired) electrons. The predicted molar refractivity (Wildman–Crippen MR) is 84.7 cm³/mol. The van der Waals surface area contributed by atoms with E-state index in [1.165, 1.54) is 0 Å². The van der Waals surface area contributed by atoms with Crippen LogP contribution >= 0.6 is 15.9 Å². The number of aromatic amines is 2. The summed E-state index contributed by atoms with van der Waals surface area (Å²) in [5, 5.41) is 0.847. The zero-order valence-electron chi connectivity index (χ0n) is 11.1. The molecule has 0 unspecified atom stereocenters. The van der Waals surface area contributed by atoms with E-state index in [-0.39, 0.29) is 11.1 Å². The minimum Gasteiger partial charge on any atom is -0.386 e. The Morgan fingerprint density at radius 1 is 1.00 bits per heavy atom. The number of carbonyl (C=O) groups excluding carboxylic acids is 2. The molecule has 0 aliphatic carbocycles. The molecule has 0 atom stereocenters. The first-order chi connectivity index (χ1) is 10.6. The summed E-state index contributed by atoms with van der Waals surface area (Å²) in [7, 11) is 0. The lowest BCUT2D eigenvalue weighted by Gasteiger charge is -2.00. The molecule has 5 nitrogen and oxygen atoms in total. The lowest BCUT2D eigenvalue weighted by atomic mass is 9.99. The van der Waals surface area contributed by atoms with Crippen LogP contribution in [0.15, 0.2) is 47.2 Å². The second kappa shape index (κ2) is 4.71. The quantitative estimate of drug-likeness (QED) is 0.546. The first kappa shape index (κ1) is 13.1. The molecule has 0 bridgehead atoms. The first-order valence-corrected chi connectivity index (χ1v) is 7.36. The fraction of sp³-hybridized carbons (Fsp3) is 0. The molecule has 3 aromatic rings. The zero-order valence-corrected chi connectivity index (χ0v) is 12.7. The maximum absolute atomic E-state index is 12.2. The van der Waals surface area contributed by atoms with E-state index < -0.39 is 11.9 Å². The van der Waals surface area contributed by atoms with Crippen molar-refractivity contribution in [3.63, 3.8) is 0 Å². The van der Waals surface area contributed by atoms with Gasteiger partial charge in [-0.3, -0.25) is 0 Å². The minimum atomic E-state index is -0.633. The van der Waals surface area contributed by atoms with E-state index in [4.69, 9.17) is 4.74 Å². The number of halogens is 1. The van der Waals surface area contributed by atoms with Gasteiger partial charge in [-0.2, -0.15) is 0 Å². The molecule has 1 aliphatic heterocycles. The molecular weight excluding hydrogens is 348 g/mol. The summed E-state index contributed by atoms with van der Waals surface area (Å²) < 4.78 is 5.71. The van der Waals surface area contributed by atoms with Crippen molar-refractivity contribution in [2.75, 3.05) is 0 Å². The van der Waals surface area contributed by atoms with Gasteiger partial charge >= 0.3 is 11.9 Å². The number of hydrogen-bond donors (Lipinski definition) is 2. The van der Waals surface area contributed by atoms with Crippen LogP contribution in [-0.4, -0.2) is 21.9 Å². The highest BCUT2D eigenvalue weighted by molar-refractivity contribution is 9.10. The Kier molecular flexibility index (Phi) is 2.80. The smallest absolute Gasteiger partial charge is 0.349 e. The largest absolute Gasteiger partial charge is 0.386 e. The maximum Gasteiger partial charge on any atom is 0.349 e. The van der Waals surface area contributed by atoms with Crippen LogP contribution in [0, 0.1) is 0 Å². The van der Waals surface area contributed by atoms with E-state index in [0.29, 0.717) is 11.3 Å². The van der Waals surface area contributed by atoms with Gasteiger partial charge in [-0.1, -0.05) is 15.9 Å². The summed E-state index contributed by atoms with van der Waals surface area (Å²) in [6.07, 6.45) is 3.41. The molecule has 2 aromatic heterocycles. The van der Waals surface area contributed by atoms with E-state index in [9.17, 15) is 9.59 Å². The molecule has 6 heteroatoms. The number of esters is 2. The summed E-state index contributed by atoms with van der Waals surface area (Å²) in [5.41, 5.74) is 2.63. The Bertz CT molecular complexity index is 951. The molecule has 1 aliphatic rings. The number of hydrogen-bond acceptors (Lipinski definition) is 3. The zero-order chi connectivity index (χ0) is 15.3.